The van der Waals surface area contributed by atoms with E-state index in [1.165, 1.54) is 12.0 Å². The number of Topliss-reactive ketones (excluding diaryl/α,β-unsaturated/α-hetero) is 1. The summed E-state index contributed by atoms with van der Waals surface area (Å²) in [6.07, 6.45) is 0.00848. The lowest BCUT2D eigenvalue weighted by Gasteiger charge is -2.25. The molecule has 2 aromatic rings. The molecule has 0 saturated carbocycles. The predicted octanol–water partition coefficient (Wildman–Crippen LogP) is 4.50. The van der Waals surface area contributed by atoms with Gasteiger partial charge in [-0.15, -0.1) is 0 Å². The number of halogens is 1. The third kappa shape index (κ3) is 4.75. The zero-order chi connectivity index (χ0) is 22.7. The van der Waals surface area contributed by atoms with Crippen molar-refractivity contribution >= 4 is 29.1 Å². The number of hydrogen-bond donors (Lipinski definition) is 1. The Morgan fingerprint density at radius 1 is 1.16 bits per heavy atom. The number of aliphatic hydroxyl groups excluding tert-OH is 1. The fraction of sp³-hybridized carbons (Fsp3) is 0.333. The molecule has 1 saturated heterocycles. The van der Waals surface area contributed by atoms with Crippen molar-refractivity contribution in [2.45, 2.75) is 32.9 Å². The molecule has 3 rings (SSSR count). The number of carbonyl (C=O) groups excluding carboxylic acids is 2. The standard InChI is InChI=1S/C24H26ClNO5/c1-14(2)31-19-10-7-17(13-15(19)3)22(27)20-21(16-5-8-18(25)9-6-16)26(11-12-30-4)24(29)23(20)28/h5-10,13-14,21,27H,11-12H2,1-4H3/b22-20-. The summed E-state index contributed by atoms with van der Waals surface area (Å²) < 4.78 is 10.9. The first-order valence-corrected chi connectivity index (χ1v) is 10.4. The molecule has 1 unspecified atom stereocenters. The third-order valence-electron chi connectivity index (χ3n) is 5.07. The summed E-state index contributed by atoms with van der Waals surface area (Å²) in [5, 5.41) is 11.7. The van der Waals surface area contributed by atoms with Gasteiger partial charge in [-0.05, 0) is 62.2 Å². The molecule has 6 nitrogen and oxygen atoms in total. The molecule has 1 aliphatic heterocycles. The summed E-state index contributed by atoms with van der Waals surface area (Å²) in [4.78, 5) is 27.1. The van der Waals surface area contributed by atoms with E-state index in [2.05, 4.69) is 0 Å². The number of likely N-dealkylation sites (tertiary alicyclic amines) is 1. The van der Waals surface area contributed by atoms with E-state index >= 15 is 0 Å². The summed E-state index contributed by atoms with van der Waals surface area (Å²) in [6, 6.07) is 11.3. The molecule has 0 spiro atoms. The van der Waals surface area contributed by atoms with Gasteiger partial charge in [0.05, 0.1) is 24.3 Å². The molecule has 1 heterocycles. The van der Waals surface area contributed by atoms with Crippen LogP contribution in [0.15, 0.2) is 48.0 Å². The number of aryl methyl sites for hydroxylation is 1. The molecular formula is C24H26ClNO5. The van der Waals surface area contributed by atoms with Crippen LogP contribution in [0.5, 0.6) is 5.75 Å². The average molecular weight is 444 g/mol. The molecular weight excluding hydrogens is 418 g/mol. The van der Waals surface area contributed by atoms with Gasteiger partial charge in [-0.25, -0.2) is 0 Å². The van der Waals surface area contributed by atoms with E-state index in [1.54, 1.807) is 42.5 Å². The molecule has 1 atom stereocenters. The van der Waals surface area contributed by atoms with Crippen LogP contribution in [0.1, 0.15) is 36.6 Å². The largest absolute Gasteiger partial charge is 0.507 e. The van der Waals surface area contributed by atoms with Gasteiger partial charge in [0.1, 0.15) is 11.5 Å². The monoisotopic (exact) mass is 443 g/mol. The van der Waals surface area contributed by atoms with Gasteiger partial charge < -0.3 is 19.5 Å². The fourth-order valence-electron chi connectivity index (χ4n) is 3.63. The zero-order valence-corrected chi connectivity index (χ0v) is 18.8. The summed E-state index contributed by atoms with van der Waals surface area (Å²) in [5.41, 5.74) is 1.98. The number of aliphatic hydroxyl groups is 1. The number of carbonyl (C=O) groups is 2. The summed E-state index contributed by atoms with van der Waals surface area (Å²) in [7, 11) is 1.53. The first-order chi connectivity index (χ1) is 14.7. The maximum Gasteiger partial charge on any atom is 0.295 e. The Kier molecular flexibility index (Phi) is 7.03. The molecule has 0 aromatic heterocycles. The number of methoxy groups -OCH3 is 1. The minimum atomic E-state index is -0.737. The lowest BCUT2D eigenvalue weighted by atomic mass is 9.95. The van der Waals surface area contributed by atoms with Gasteiger partial charge in [0.2, 0.25) is 0 Å². The number of hydrogen-bond acceptors (Lipinski definition) is 5. The van der Waals surface area contributed by atoms with Crippen molar-refractivity contribution in [3.05, 3.63) is 69.8 Å². The normalized spacial score (nSPS) is 18.1. The first kappa shape index (κ1) is 22.8. The molecule has 7 heteroatoms. The Labute approximate surface area is 187 Å². The minimum absolute atomic E-state index is 0.00848. The first-order valence-electron chi connectivity index (χ1n) is 10.0. The molecule has 164 valence electrons. The Bertz CT molecular complexity index is 1010. The number of benzene rings is 2. The van der Waals surface area contributed by atoms with E-state index in [-0.39, 0.29) is 30.6 Å². The zero-order valence-electron chi connectivity index (χ0n) is 18.0. The van der Waals surface area contributed by atoms with Gasteiger partial charge in [0.25, 0.3) is 11.7 Å². The number of ketones is 1. The molecule has 1 N–H and O–H groups in total. The van der Waals surface area contributed by atoms with Crippen molar-refractivity contribution in [1.29, 1.82) is 0 Å². The second kappa shape index (κ2) is 9.54. The molecule has 0 aliphatic carbocycles. The van der Waals surface area contributed by atoms with Crippen LogP contribution in [0, 0.1) is 6.92 Å². The second-order valence-electron chi connectivity index (χ2n) is 7.68. The van der Waals surface area contributed by atoms with Crippen LogP contribution in [0.4, 0.5) is 0 Å². The van der Waals surface area contributed by atoms with Crippen molar-refractivity contribution in [3.63, 3.8) is 0 Å². The van der Waals surface area contributed by atoms with Crippen LogP contribution in [0.25, 0.3) is 5.76 Å². The molecule has 0 bridgehead atoms. The number of nitrogens with zero attached hydrogens (tertiary/aromatic N) is 1. The summed E-state index contributed by atoms with van der Waals surface area (Å²) in [6.45, 7) is 6.20. The molecule has 1 aliphatic rings. The van der Waals surface area contributed by atoms with Gasteiger partial charge in [0.15, 0.2) is 0 Å². The number of rotatable bonds is 7. The highest BCUT2D eigenvalue weighted by Crippen LogP contribution is 2.40. The van der Waals surface area contributed by atoms with Crippen molar-refractivity contribution in [2.24, 2.45) is 0 Å². The van der Waals surface area contributed by atoms with Crippen molar-refractivity contribution in [3.8, 4) is 5.75 Å². The number of amides is 1. The SMILES string of the molecule is COCCN1C(=O)C(=O)/C(=C(\O)c2ccc(OC(C)C)c(C)c2)C1c1ccc(Cl)cc1. The van der Waals surface area contributed by atoms with E-state index in [0.717, 1.165) is 5.56 Å². The Morgan fingerprint density at radius 3 is 2.42 bits per heavy atom. The van der Waals surface area contributed by atoms with Crippen LogP contribution in [-0.4, -0.2) is 48.1 Å². The second-order valence-corrected chi connectivity index (χ2v) is 8.12. The van der Waals surface area contributed by atoms with Gasteiger partial charge in [-0.1, -0.05) is 23.7 Å². The van der Waals surface area contributed by atoms with E-state index in [0.29, 0.717) is 21.9 Å². The average Bonchev–Trinajstić information content (AvgIpc) is 2.98. The maximum absolute atomic E-state index is 12.9. The Balaban J connectivity index is 2.11. The summed E-state index contributed by atoms with van der Waals surface area (Å²) in [5.74, 6) is -0.928. The van der Waals surface area contributed by atoms with Gasteiger partial charge in [-0.3, -0.25) is 9.59 Å². The Hall–Kier alpha value is -2.83. The van der Waals surface area contributed by atoms with E-state index < -0.39 is 17.7 Å². The van der Waals surface area contributed by atoms with Crippen molar-refractivity contribution in [2.75, 3.05) is 20.3 Å². The molecule has 0 radical (unpaired) electrons. The molecule has 2 aromatic carbocycles. The van der Waals surface area contributed by atoms with E-state index in [1.807, 2.05) is 20.8 Å². The van der Waals surface area contributed by atoms with Gasteiger partial charge in [-0.2, -0.15) is 0 Å². The molecule has 1 amide bonds. The van der Waals surface area contributed by atoms with Crippen LogP contribution >= 0.6 is 11.6 Å². The number of ether oxygens (including phenoxy) is 2. The smallest absolute Gasteiger partial charge is 0.295 e. The predicted molar refractivity (Wildman–Crippen MR) is 119 cm³/mol. The van der Waals surface area contributed by atoms with Crippen LogP contribution < -0.4 is 4.74 Å². The van der Waals surface area contributed by atoms with Gasteiger partial charge in [0, 0.05) is 24.2 Å². The van der Waals surface area contributed by atoms with Crippen LogP contribution in [0.3, 0.4) is 0 Å². The van der Waals surface area contributed by atoms with Crippen molar-refractivity contribution < 1.29 is 24.2 Å². The maximum atomic E-state index is 12.9. The Morgan fingerprint density at radius 2 is 1.84 bits per heavy atom. The van der Waals surface area contributed by atoms with E-state index in [9.17, 15) is 14.7 Å². The van der Waals surface area contributed by atoms with E-state index in [4.69, 9.17) is 21.1 Å². The van der Waals surface area contributed by atoms with Crippen LogP contribution in [0.2, 0.25) is 5.02 Å². The molecule has 31 heavy (non-hydrogen) atoms. The quantitative estimate of drug-likeness (QED) is 0.387. The summed E-state index contributed by atoms with van der Waals surface area (Å²) >= 11 is 6.02. The fourth-order valence-corrected chi connectivity index (χ4v) is 3.76. The topological polar surface area (TPSA) is 76.1 Å². The highest BCUT2D eigenvalue weighted by molar-refractivity contribution is 6.46. The lowest BCUT2D eigenvalue weighted by Crippen LogP contribution is -2.32. The lowest BCUT2D eigenvalue weighted by molar-refractivity contribution is -0.140. The van der Waals surface area contributed by atoms with Gasteiger partial charge >= 0.3 is 0 Å². The highest BCUT2D eigenvalue weighted by atomic mass is 35.5. The van der Waals surface area contributed by atoms with Crippen LogP contribution in [-0.2, 0) is 14.3 Å². The molecule has 1 fully saturated rings. The van der Waals surface area contributed by atoms with Crippen molar-refractivity contribution in [1.82, 2.24) is 4.90 Å². The minimum Gasteiger partial charge on any atom is -0.507 e. The highest BCUT2D eigenvalue weighted by Gasteiger charge is 2.45. The third-order valence-corrected chi connectivity index (χ3v) is 5.33.